The molecular weight excluding hydrogens is 352 g/mol. The zero-order chi connectivity index (χ0) is 19.6. The molecule has 0 unspecified atom stereocenters. The van der Waals surface area contributed by atoms with Crippen LogP contribution >= 0.6 is 0 Å². The molecule has 1 fully saturated rings. The molecule has 0 aromatic heterocycles. The van der Waals surface area contributed by atoms with E-state index in [-0.39, 0.29) is 5.91 Å². The van der Waals surface area contributed by atoms with Crippen LogP contribution in [0.1, 0.15) is 24.0 Å². The molecule has 6 heteroatoms. The molecule has 0 atom stereocenters. The van der Waals surface area contributed by atoms with E-state index in [4.69, 9.17) is 4.74 Å². The van der Waals surface area contributed by atoms with Gasteiger partial charge in [-0.15, -0.1) is 0 Å². The van der Waals surface area contributed by atoms with Crippen molar-refractivity contribution in [1.29, 1.82) is 0 Å². The number of carbonyl (C=O) groups is 1. The van der Waals surface area contributed by atoms with E-state index in [2.05, 4.69) is 39.9 Å². The van der Waals surface area contributed by atoms with Gasteiger partial charge < -0.3 is 20.3 Å². The summed E-state index contributed by atoms with van der Waals surface area (Å²) in [4.78, 5) is 17.9. The van der Waals surface area contributed by atoms with Gasteiger partial charge in [-0.25, -0.2) is 0 Å². The van der Waals surface area contributed by atoms with Gasteiger partial charge in [-0.2, -0.15) is 0 Å². The van der Waals surface area contributed by atoms with Crippen LogP contribution < -0.4 is 15.4 Å². The number of carbonyl (C=O) groups excluding carboxylic acids is 1. The number of benzene rings is 2. The number of hydrogen-bond donors (Lipinski definition) is 2. The SMILES string of the molecule is CN=C(NCCOc1ccccc1)NCc1ccc(CN2CCCC2=O)cc1. The van der Waals surface area contributed by atoms with Gasteiger partial charge >= 0.3 is 0 Å². The molecule has 148 valence electrons. The summed E-state index contributed by atoms with van der Waals surface area (Å²) in [5, 5.41) is 6.55. The molecule has 0 bridgehead atoms. The lowest BCUT2D eigenvalue weighted by molar-refractivity contribution is -0.128. The molecule has 0 spiro atoms. The number of nitrogens with zero attached hydrogens (tertiary/aromatic N) is 2. The van der Waals surface area contributed by atoms with Gasteiger partial charge in [0.2, 0.25) is 5.91 Å². The van der Waals surface area contributed by atoms with Crippen LogP contribution in [0.2, 0.25) is 0 Å². The maximum absolute atomic E-state index is 11.7. The van der Waals surface area contributed by atoms with Crippen molar-refractivity contribution >= 4 is 11.9 Å². The highest BCUT2D eigenvalue weighted by atomic mass is 16.5. The summed E-state index contributed by atoms with van der Waals surface area (Å²) in [7, 11) is 1.75. The number of likely N-dealkylation sites (tertiary alicyclic amines) is 1. The molecule has 0 saturated carbocycles. The van der Waals surface area contributed by atoms with Crippen LogP contribution in [0.15, 0.2) is 59.6 Å². The van der Waals surface area contributed by atoms with Crippen LogP contribution in [0, 0.1) is 0 Å². The van der Waals surface area contributed by atoms with Crippen LogP contribution in [0.5, 0.6) is 5.75 Å². The topological polar surface area (TPSA) is 66.0 Å². The van der Waals surface area contributed by atoms with Gasteiger partial charge in [0.25, 0.3) is 0 Å². The molecule has 3 rings (SSSR count). The fourth-order valence-electron chi connectivity index (χ4n) is 3.12. The predicted molar refractivity (Wildman–Crippen MR) is 111 cm³/mol. The van der Waals surface area contributed by atoms with E-state index in [1.807, 2.05) is 35.2 Å². The second-order valence-corrected chi connectivity index (χ2v) is 6.75. The third-order valence-electron chi connectivity index (χ3n) is 4.66. The van der Waals surface area contributed by atoms with E-state index in [0.29, 0.717) is 32.7 Å². The molecule has 1 heterocycles. The third-order valence-corrected chi connectivity index (χ3v) is 4.66. The lowest BCUT2D eigenvalue weighted by Gasteiger charge is -2.16. The highest BCUT2D eigenvalue weighted by molar-refractivity contribution is 5.79. The second-order valence-electron chi connectivity index (χ2n) is 6.75. The Morgan fingerprint density at radius 2 is 1.82 bits per heavy atom. The third kappa shape index (κ3) is 6.01. The van der Waals surface area contributed by atoms with Crippen LogP contribution in [-0.2, 0) is 17.9 Å². The van der Waals surface area contributed by atoms with E-state index in [0.717, 1.165) is 24.7 Å². The molecule has 1 aliphatic rings. The van der Waals surface area contributed by atoms with Crippen molar-refractivity contribution in [2.45, 2.75) is 25.9 Å². The highest BCUT2D eigenvalue weighted by Crippen LogP contribution is 2.14. The van der Waals surface area contributed by atoms with Crippen molar-refractivity contribution in [2.75, 3.05) is 26.7 Å². The largest absolute Gasteiger partial charge is 0.492 e. The molecule has 28 heavy (non-hydrogen) atoms. The van der Waals surface area contributed by atoms with Crippen molar-refractivity contribution in [3.63, 3.8) is 0 Å². The van der Waals surface area contributed by atoms with Crippen molar-refractivity contribution in [3.8, 4) is 5.75 Å². The maximum atomic E-state index is 11.7. The molecule has 2 aromatic rings. The lowest BCUT2D eigenvalue weighted by atomic mass is 10.1. The van der Waals surface area contributed by atoms with Crippen molar-refractivity contribution in [1.82, 2.24) is 15.5 Å². The molecule has 1 amide bonds. The average molecular weight is 380 g/mol. The Hall–Kier alpha value is -3.02. The Balaban J connectivity index is 1.37. The lowest BCUT2D eigenvalue weighted by Crippen LogP contribution is -2.38. The molecule has 2 aromatic carbocycles. The number of hydrogen-bond acceptors (Lipinski definition) is 3. The number of rotatable bonds is 8. The zero-order valence-electron chi connectivity index (χ0n) is 16.4. The van der Waals surface area contributed by atoms with Gasteiger partial charge in [0.15, 0.2) is 5.96 Å². The molecular formula is C22H28N4O2. The standard InChI is InChI=1S/C22H28N4O2/c1-23-22(24-13-15-28-20-6-3-2-4-7-20)25-16-18-9-11-19(12-10-18)17-26-14-5-8-21(26)27/h2-4,6-7,9-12H,5,8,13-17H2,1H3,(H2,23,24,25). The summed E-state index contributed by atoms with van der Waals surface area (Å²) < 4.78 is 5.67. The quantitative estimate of drug-likeness (QED) is 0.420. The minimum absolute atomic E-state index is 0.261. The summed E-state index contributed by atoms with van der Waals surface area (Å²) >= 11 is 0. The fraction of sp³-hybridized carbons (Fsp3) is 0.364. The van der Waals surface area contributed by atoms with Crippen LogP contribution in [0.3, 0.4) is 0 Å². The highest BCUT2D eigenvalue weighted by Gasteiger charge is 2.19. The summed E-state index contributed by atoms with van der Waals surface area (Å²) in [5.74, 6) is 1.86. The monoisotopic (exact) mass is 380 g/mol. The molecule has 0 aliphatic carbocycles. The van der Waals surface area contributed by atoms with E-state index in [9.17, 15) is 4.79 Å². The fourth-order valence-corrected chi connectivity index (χ4v) is 3.12. The predicted octanol–water partition coefficient (Wildman–Crippen LogP) is 2.55. The van der Waals surface area contributed by atoms with Crippen LogP contribution in [0.25, 0.3) is 0 Å². The maximum Gasteiger partial charge on any atom is 0.222 e. The van der Waals surface area contributed by atoms with E-state index >= 15 is 0 Å². The number of ether oxygens (including phenoxy) is 1. The number of para-hydroxylation sites is 1. The Labute approximate surface area is 166 Å². The summed E-state index contributed by atoms with van der Waals surface area (Å²) in [5.41, 5.74) is 2.33. The first-order chi connectivity index (χ1) is 13.7. The van der Waals surface area contributed by atoms with Crippen LogP contribution in [0.4, 0.5) is 0 Å². The minimum Gasteiger partial charge on any atom is -0.492 e. The smallest absolute Gasteiger partial charge is 0.222 e. The van der Waals surface area contributed by atoms with E-state index in [1.54, 1.807) is 7.05 Å². The summed E-state index contributed by atoms with van der Waals surface area (Å²) in [6.45, 7) is 3.49. The Kier molecular flexibility index (Phi) is 7.29. The molecule has 6 nitrogen and oxygen atoms in total. The van der Waals surface area contributed by atoms with Gasteiger partial charge in [-0.1, -0.05) is 42.5 Å². The molecule has 0 radical (unpaired) electrons. The van der Waals surface area contributed by atoms with E-state index < -0.39 is 0 Å². The van der Waals surface area contributed by atoms with Crippen molar-refractivity contribution in [2.24, 2.45) is 4.99 Å². The zero-order valence-corrected chi connectivity index (χ0v) is 16.4. The molecule has 1 aliphatic heterocycles. The Bertz CT molecular complexity index is 775. The number of amides is 1. The van der Waals surface area contributed by atoms with Crippen LogP contribution in [-0.4, -0.2) is 43.5 Å². The normalized spacial score (nSPS) is 14.2. The average Bonchev–Trinajstić information content (AvgIpc) is 3.14. The summed E-state index contributed by atoms with van der Waals surface area (Å²) in [6, 6.07) is 18.1. The van der Waals surface area contributed by atoms with Gasteiger partial charge in [0.1, 0.15) is 12.4 Å². The van der Waals surface area contributed by atoms with E-state index in [1.165, 1.54) is 11.1 Å². The van der Waals surface area contributed by atoms with Gasteiger partial charge in [-0.05, 0) is 29.7 Å². The number of aliphatic imine (C=N–C) groups is 1. The summed E-state index contributed by atoms with van der Waals surface area (Å²) in [6.07, 6.45) is 1.66. The molecule has 1 saturated heterocycles. The Morgan fingerprint density at radius 3 is 2.50 bits per heavy atom. The molecule has 2 N–H and O–H groups in total. The Morgan fingerprint density at radius 1 is 1.07 bits per heavy atom. The van der Waals surface area contributed by atoms with Gasteiger partial charge in [-0.3, -0.25) is 9.79 Å². The first-order valence-electron chi connectivity index (χ1n) is 9.72. The first kappa shape index (κ1) is 19.7. The van der Waals surface area contributed by atoms with Gasteiger partial charge in [0.05, 0.1) is 6.54 Å². The van der Waals surface area contributed by atoms with Crippen molar-refractivity contribution < 1.29 is 9.53 Å². The number of guanidine groups is 1. The minimum atomic E-state index is 0.261. The second kappa shape index (κ2) is 10.3. The van der Waals surface area contributed by atoms with Crippen molar-refractivity contribution in [3.05, 3.63) is 65.7 Å². The first-order valence-corrected chi connectivity index (χ1v) is 9.72. The van der Waals surface area contributed by atoms with Gasteiger partial charge in [0, 0.05) is 33.1 Å². The number of nitrogens with one attached hydrogen (secondary N) is 2.